The summed E-state index contributed by atoms with van der Waals surface area (Å²) in [4.78, 5) is 10.8. The van der Waals surface area contributed by atoms with Gasteiger partial charge >= 0.3 is 5.97 Å². The summed E-state index contributed by atoms with van der Waals surface area (Å²) in [6.45, 7) is 4.14. The van der Waals surface area contributed by atoms with Gasteiger partial charge in [0.05, 0.1) is 5.60 Å². The molecule has 1 aliphatic rings. The highest BCUT2D eigenvalue weighted by Gasteiger charge is 2.43. The Morgan fingerprint density at radius 2 is 2.17 bits per heavy atom. The van der Waals surface area contributed by atoms with Crippen LogP contribution < -0.4 is 5.73 Å². The second-order valence-electron chi connectivity index (χ2n) is 4.00. The predicted molar refractivity (Wildman–Crippen MR) is 43.8 cm³/mol. The molecule has 1 aliphatic heterocycles. The van der Waals surface area contributed by atoms with Gasteiger partial charge in [0.25, 0.3) is 0 Å². The average Bonchev–Trinajstić information content (AvgIpc) is 1.83. The van der Waals surface area contributed by atoms with Crippen LogP contribution >= 0.6 is 0 Å². The SMILES string of the molecule is CC1(C)CC(N)(C(=O)O)CCO1. The number of ether oxygens (including phenoxy) is 1. The lowest BCUT2D eigenvalue weighted by Gasteiger charge is -2.39. The Morgan fingerprint density at radius 1 is 1.58 bits per heavy atom. The van der Waals surface area contributed by atoms with E-state index in [1.54, 1.807) is 0 Å². The molecule has 4 nitrogen and oxygen atoms in total. The van der Waals surface area contributed by atoms with E-state index in [1.165, 1.54) is 0 Å². The molecule has 0 aromatic heterocycles. The lowest BCUT2D eigenvalue weighted by molar-refractivity contribution is -0.154. The molecular weight excluding hydrogens is 158 g/mol. The summed E-state index contributed by atoms with van der Waals surface area (Å²) >= 11 is 0. The Hall–Kier alpha value is -0.610. The molecule has 1 unspecified atom stereocenters. The number of carboxylic acids is 1. The summed E-state index contributed by atoms with van der Waals surface area (Å²) in [5.41, 5.74) is 4.19. The highest BCUT2D eigenvalue weighted by molar-refractivity contribution is 5.78. The number of rotatable bonds is 1. The zero-order chi connectivity index (χ0) is 9.41. The van der Waals surface area contributed by atoms with Crippen molar-refractivity contribution in [2.75, 3.05) is 6.61 Å². The standard InChI is InChI=1S/C8H15NO3/c1-7(2)5-8(9,6(10)11)3-4-12-7/h3-5,9H2,1-2H3,(H,10,11). The van der Waals surface area contributed by atoms with Crippen LogP contribution in [0.25, 0.3) is 0 Å². The van der Waals surface area contributed by atoms with E-state index in [0.29, 0.717) is 19.4 Å². The molecule has 1 heterocycles. The molecule has 1 saturated heterocycles. The molecule has 0 aliphatic carbocycles. The van der Waals surface area contributed by atoms with Gasteiger partial charge in [-0.05, 0) is 20.3 Å². The molecule has 1 rings (SSSR count). The van der Waals surface area contributed by atoms with Gasteiger partial charge < -0.3 is 15.6 Å². The Labute approximate surface area is 71.7 Å². The second kappa shape index (κ2) is 2.71. The van der Waals surface area contributed by atoms with Gasteiger partial charge in [0, 0.05) is 13.0 Å². The molecule has 3 N–H and O–H groups in total. The molecule has 4 heteroatoms. The van der Waals surface area contributed by atoms with E-state index in [0.717, 1.165) is 0 Å². The van der Waals surface area contributed by atoms with E-state index in [9.17, 15) is 4.79 Å². The van der Waals surface area contributed by atoms with Crippen molar-refractivity contribution in [3.63, 3.8) is 0 Å². The van der Waals surface area contributed by atoms with Crippen LogP contribution in [0.3, 0.4) is 0 Å². The first kappa shape index (κ1) is 9.48. The number of carbonyl (C=O) groups is 1. The van der Waals surface area contributed by atoms with E-state index in [4.69, 9.17) is 15.6 Å². The van der Waals surface area contributed by atoms with Gasteiger partial charge in [-0.1, -0.05) is 0 Å². The molecule has 1 atom stereocenters. The van der Waals surface area contributed by atoms with Crippen molar-refractivity contribution >= 4 is 5.97 Å². The monoisotopic (exact) mass is 173 g/mol. The summed E-state index contributed by atoms with van der Waals surface area (Å²) in [6.07, 6.45) is 0.765. The minimum Gasteiger partial charge on any atom is -0.480 e. The smallest absolute Gasteiger partial charge is 0.323 e. The summed E-state index contributed by atoms with van der Waals surface area (Å²) in [5, 5.41) is 8.85. The van der Waals surface area contributed by atoms with Crippen LogP contribution in [-0.2, 0) is 9.53 Å². The minimum atomic E-state index is -1.10. The normalized spacial score (nSPS) is 34.6. The van der Waals surface area contributed by atoms with Crippen molar-refractivity contribution in [3.8, 4) is 0 Å². The lowest BCUT2D eigenvalue weighted by atomic mass is 9.82. The van der Waals surface area contributed by atoms with E-state index >= 15 is 0 Å². The van der Waals surface area contributed by atoms with Crippen LogP contribution in [0.2, 0.25) is 0 Å². The van der Waals surface area contributed by atoms with E-state index in [1.807, 2.05) is 13.8 Å². The van der Waals surface area contributed by atoms with Gasteiger partial charge in [0.15, 0.2) is 0 Å². The van der Waals surface area contributed by atoms with Gasteiger partial charge in [0.1, 0.15) is 5.54 Å². The molecule has 0 saturated carbocycles. The third-order valence-electron chi connectivity index (χ3n) is 2.21. The van der Waals surface area contributed by atoms with Crippen LogP contribution in [0, 0.1) is 0 Å². The molecule has 0 bridgehead atoms. The van der Waals surface area contributed by atoms with Crippen LogP contribution in [-0.4, -0.2) is 28.8 Å². The van der Waals surface area contributed by atoms with Gasteiger partial charge in [-0.25, -0.2) is 0 Å². The Bertz CT molecular complexity index is 202. The molecule has 0 spiro atoms. The second-order valence-corrected chi connectivity index (χ2v) is 4.00. The summed E-state index contributed by atoms with van der Waals surface area (Å²) in [5.74, 6) is -0.932. The van der Waals surface area contributed by atoms with Crippen LogP contribution in [0.5, 0.6) is 0 Å². The topological polar surface area (TPSA) is 72.6 Å². The lowest BCUT2D eigenvalue weighted by Crippen LogP contribution is -2.56. The van der Waals surface area contributed by atoms with Crippen molar-refractivity contribution in [2.24, 2.45) is 5.73 Å². The Kier molecular flexibility index (Phi) is 2.14. The fourth-order valence-corrected chi connectivity index (χ4v) is 1.59. The maximum absolute atomic E-state index is 10.8. The van der Waals surface area contributed by atoms with Gasteiger partial charge in [-0.2, -0.15) is 0 Å². The van der Waals surface area contributed by atoms with Crippen molar-refractivity contribution in [1.29, 1.82) is 0 Å². The van der Waals surface area contributed by atoms with Crippen molar-refractivity contribution in [2.45, 2.75) is 37.8 Å². The van der Waals surface area contributed by atoms with Gasteiger partial charge in [-0.15, -0.1) is 0 Å². The third-order valence-corrected chi connectivity index (χ3v) is 2.21. The van der Waals surface area contributed by atoms with Gasteiger partial charge in [-0.3, -0.25) is 4.79 Å². The number of aliphatic carboxylic acids is 1. The highest BCUT2D eigenvalue weighted by atomic mass is 16.5. The number of carboxylic acid groups (broad SMARTS) is 1. The zero-order valence-electron chi connectivity index (χ0n) is 7.46. The summed E-state index contributed by atoms with van der Waals surface area (Å²) in [6, 6.07) is 0. The average molecular weight is 173 g/mol. The molecule has 12 heavy (non-hydrogen) atoms. The van der Waals surface area contributed by atoms with E-state index < -0.39 is 17.1 Å². The fourth-order valence-electron chi connectivity index (χ4n) is 1.59. The number of hydrogen-bond acceptors (Lipinski definition) is 3. The molecular formula is C8H15NO3. The maximum atomic E-state index is 10.8. The van der Waals surface area contributed by atoms with Crippen molar-refractivity contribution in [1.82, 2.24) is 0 Å². The number of hydrogen-bond donors (Lipinski definition) is 2. The third kappa shape index (κ3) is 1.76. The molecule has 1 fully saturated rings. The van der Waals surface area contributed by atoms with Crippen LogP contribution in [0.4, 0.5) is 0 Å². The molecule has 0 radical (unpaired) electrons. The van der Waals surface area contributed by atoms with Gasteiger partial charge in [0.2, 0.25) is 0 Å². The molecule has 0 aromatic carbocycles. The summed E-state index contributed by atoms with van der Waals surface area (Å²) < 4.78 is 5.37. The first-order valence-electron chi connectivity index (χ1n) is 4.02. The highest BCUT2D eigenvalue weighted by Crippen LogP contribution is 2.30. The largest absolute Gasteiger partial charge is 0.480 e. The van der Waals surface area contributed by atoms with Crippen molar-refractivity contribution < 1.29 is 14.6 Å². The maximum Gasteiger partial charge on any atom is 0.323 e. The predicted octanol–water partition coefficient (Wildman–Crippen LogP) is 0.357. The fraction of sp³-hybridized carbons (Fsp3) is 0.875. The first-order valence-corrected chi connectivity index (χ1v) is 4.02. The van der Waals surface area contributed by atoms with Crippen molar-refractivity contribution in [3.05, 3.63) is 0 Å². The van der Waals surface area contributed by atoms with Crippen LogP contribution in [0.1, 0.15) is 26.7 Å². The minimum absolute atomic E-state index is 0.370. The first-order chi connectivity index (χ1) is 5.36. The van der Waals surface area contributed by atoms with E-state index in [-0.39, 0.29) is 0 Å². The molecule has 0 aromatic rings. The Morgan fingerprint density at radius 3 is 2.50 bits per heavy atom. The van der Waals surface area contributed by atoms with E-state index in [2.05, 4.69) is 0 Å². The molecule has 70 valence electrons. The Balaban J connectivity index is 2.74. The number of nitrogens with two attached hydrogens (primary N) is 1. The zero-order valence-corrected chi connectivity index (χ0v) is 7.46. The summed E-state index contributed by atoms with van der Waals surface area (Å²) in [7, 11) is 0. The van der Waals surface area contributed by atoms with Crippen LogP contribution in [0.15, 0.2) is 0 Å². The quantitative estimate of drug-likeness (QED) is 0.600. The molecule has 0 amide bonds.